The molecule has 0 fully saturated rings. The van der Waals surface area contributed by atoms with E-state index in [4.69, 9.17) is 4.74 Å². The number of carboxylic acids is 1. The van der Waals surface area contributed by atoms with E-state index in [0.717, 1.165) is 16.7 Å². The highest BCUT2D eigenvalue weighted by molar-refractivity contribution is 5.80. The first-order valence-electron chi connectivity index (χ1n) is 8.59. The van der Waals surface area contributed by atoms with Crippen molar-refractivity contribution in [3.05, 3.63) is 60.2 Å². The summed E-state index contributed by atoms with van der Waals surface area (Å²) >= 11 is 0. The molecule has 0 aliphatic carbocycles. The number of hydrogen-bond donors (Lipinski definition) is 2. The summed E-state index contributed by atoms with van der Waals surface area (Å²) in [4.78, 5) is 23.4. The molecule has 0 bridgehead atoms. The van der Waals surface area contributed by atoms with Crippen molar-refractivity contribution in [2.45, 2.75) is 39.3 Å². The number of amides is 1. The second-order valence-corrected chi connectivity index (χ2v) is 7.05. The van der Waals surface area contributed by atoms with Crippen LogP contribution in [0.2, 0.25) is 0 Å². The lowest BCUT2D eigenvalue weighted by molar-refractivity contribution is -0.140. The second kappa shape index (κ2) is 8.04. The third kappa shape index (κ3) is 4.85. The van der Waals surface area contributed by atoms with Crippen molar-refractivity contribution >= 4 is 12.1 Å². The SMILES string of the molecule is CC(C)C(NC(=O)OC(C)(C)c1ccc(-c2ccccc2)cc1)C(=O)O. The van der Waals surface area contributed by atoms with E-state index in [1.165, 1.54) is 0 Å². The summed E-state index contributed by atoms with van der Waals surface area (Å²) in [5.74, 6) is -1.32. The normalized spacial score (nSPS) is 12.5. The van der Waals surface area contributed by atoms with Crippen molar-refractivity contribution in [1.82, 2.24) is 5.32 Å². The van der Waals surface area contributed by atoms with E-state index in [2.05, 4.69) is 5.32 Å². The number of rotatable bonds is 6. The van der Waals surface area contributed by atoms with Gasteiger partial charge in [0, 0.05) is 0 Å². The van der Waals surface area contributed by atoms with Crippen molar-refractivity contribution in [2.75, 3.05) is 0 Å². The molecule has 0 aliphatic rings. The van der Waals surface area contributed by atoms with E-state index in [1.807, 2.05) is 54.6 Å². The monoisotopic (exact) mass is 355 g/mol. The van der Waals surface area contributed by atoms with Gasteiger partial charge in [-0.15, -0.1) is 0 Å². The molecule has 138 valence electrons. The number of aliphatic carboxylic acids is 1. The summed E-state index contributed by atoms with van der Waals surface area (Å²) in [6.07, 6.45) is -0.747. The van der Waals surface area contributed by atoms with Gasteiger partial charge in [0.05, 0.1) is 0 Å². The molecule has 0 radical (unpaired) electrons. The molecule has 26 heavy (non-hydrogen) atoms. The van der Waals surface area contributed by atoms with E-state index < -0.39 is 23.7 Å². The molecule has 0 aliphatic heterocycles. The fraction of sp³-hybridized carbons (Fsp3) is 0.333. The van der Waals surface area contributed by atoms with Gasteiger partial charge in [0.2, 0.25) is 0 Å². The van der Waals surface area contributed by atoms with Crippen LogP contribution in [-0.4, -0.2) is 23.2 Å². The van der Waals surface area contributed by atoms with Crippen LogP contribution >= 0.6 is 0 Å². The van der Waals surface area contributed by atoms with E-state index in [1.54, 1.807) is 27.7 Å². The summed E-state index contributed by atoms with van der Waals surface area (Å²) in [7, 11) is 0. The maximum absolute atomic E-state index is 12.1. The molecule has 0 saturated carbocycles. The van der Waals surface area contributed by atoms with Gasteiger partial charge in [-0.05, 0) is 36.5 Å². The molecule has 2 rings (SSSR count). The molecular formula is C21H25NO4. The minimum absolute atomic E-state index is 0.242. The number of hydrogen-bond acceptors (Lipinski definition) is 3. The predicted molar refractivity (Wildman–Crippen MR) is 101 cm³/mol. The van der Waals surface area contributed by atoms with Crippen molar-refractivity contribution in [3.63, 3.8) is 0 Å². The van der Waals surface area contributed by atoms with Crippen LogP contribution in [0, 0.1) is 5.92 Å². The minimum Gasteiger partial charge on any atom is -0.480 e. The average molecular weight is 355 g/mol. The maximum Gasteiger partial charge on any atom is 0.408 e. The quantitative estimate of drug-likeness (QED) is 0.804. The van der Waals surface area contributed by atoms with Crippen LogP contribution < -0.4 is 5.32 Å². The van der Waals surface area contributed by atoms with Gasteiger partial charge >= 0.3 is 12.1 Å². The second-order valence-electron chi connectivity index (χ2n) is 7.05. The van der Waals surface area contributed by atoms with Crippen molar-refractivity contribution in [2.24, 2.45) is 5.92 Å². The molecular weight excluding hydrogens is 330 g/mol. The lowest BCUT2D eigenvalue weighted by atomic mass is 9.95. The number of nitrogens with one attached hydrogen (secondary N) is 1. The first-order valence-corrected chi connectivity index (χ1v) is 8.59. The van der Waals surface area contributed by atoms with Gasteiger partial charge in [0.25, 0.3) is 0 Å². The van der Waals surface area contributed by atoms with Crippen LogP contribution in [0.25, 0.3) is 11.1 Å². The molecule has 1 unspecified atom stereocenters. The van der Waals surface area contributed by atoms with Crippen LogP contribution in [-0.2, 0) is 15.1 Å². The zero-order valence-corrected chi connectivity index (χ0v) is 15.5. The number of carbonyl (C=O) groups excluding carboxylic acids is 1. The van der Waals surface area contributed by atoms with Crippen molar-refractivity contribution in [1.29, 1.82) is 0 Å². The van der Waals surface area contributed by atoms with Gasteiger partial charge in [-0.2, -0.15) is 0 Å². The molecule has 1 amide bonds. The minimum atomic E-state index is -1.08. The van der Waals surface area contributed by atoms with Crippen LogP contribution in [0.4, 0.5) is 4.79 Å². The Kier molecular flexibility index (Phi) is 6.03. The van der Waals surface area contributed by atoms with Crippen molar-refractivity contribution in [3.8, 4) is 11.1 Å². The Morgan fingerprint density at radius 1 is 0.962 bits per heavy atom. The smallest absolute Gasteiger partial charge is 0.408 e. The van der Waals surface area contributed by atoms with Gasteiger partial charge in [0.15, 0.2) is 0 Å². The number of ether oxygens (including phenoxy) is 1. The third-order valence-corrected chi connectivity index (χ3v) is 4.24. The highest BCUT2D eigenvalue weighted by atomic mass is 16.6. The molecule has 0 saturated heterocycles. The lowest BCUT2D eigenvalue weighted by Gasteiger charge is -2.27. The third-order valence-electron chi connectivity index (χ3n) is 4.24. The Hall–Kier alpha value is -2.82. The Labute approximate surface area is 154 Å². The number of carbonyl (C=O) groups is 2. The first-order chi connectivity index (χ1) is 12.2. The van der Waals surface area contributed by atoms with E-state index in [9.17, 15) is 14.7 Å². The Morgan fingerprint density at radius 2 is 1.50 bits per heavy atom. The summed E-state index contributed by atoms with van der Waals surface area (Å²) < 4.78 is 5.49. The van der Waals surface area contributed by atoms with Gasteiger partial charge in [-0.25, -0.2) is 9.59 Å². The van der Waals surface area contributed by atoms with Crippen molar-refractivity contribution < 1.29 is 19.4 Å². The predicted octanol–water partition coefficient (Wildman–Crippen LogP) is 4.42. The number of alkyl carbamates (subject to hydrolysis) is 1. The lowest BCUT2D eigenvalue weighted by Crippen LogP contribution is -2.46. The number of benzene rings is 2. The highest BCUT2D eigenvalue weighted by Gasteiger charge is 2.29. The molecule has 2 aromatic carbocycles. The molecule has 5 nitrogen and oxygen atoms in total. The van der Waals surface area contributed by atoms with E-state index in [-0.39, 0.29) is 5.92 Å². The Balaban J connectivity index is 2.09. The Bertz CT molecular complexity index is 751. The van der Waals surface area contributed by atoms with Crippen LogP contribution in [0.15, 0.2) is 54.6 Å². The molecule has 0 aromatic heterocycles. The first kappa shape index (κ1) is 19.5. The highest BCUT2D eigenvalue weighted by Crippen LogP contribution is 2.28. The van der Waals surface area contributed by atoms with Crippen LogP contribution in [0.3, 0.4) is 0 Å². The molecule has 2 aromatic rings. The fourth-order valence-electron chi connectivity index (χ4n) is 2.66. The molecule has 5 heteroatoms. The van der Waals surface area contributed by atoms with Gasteiger partial charge < -0.3 is 15.2 Å². The molecule has 0 heterocycles. The van der Waals surface area contributed by atoms with Gasteiger partial charge in [0.1, 0.15) is 11.6 Å². The standard InChI is InChI=1S/C21H25NO4/c1-14(2)18(19(23)24)22-20(25)26-21(3,4)17-12-10-16(11-13-17)15-8-6-5-7-9-15/h5-14,18H,1-4H3,(H,22,25)(H,23,24). The molecule has 0 spiro atoms. The molecule has 1 atom stereocenters. The summed E-state index contributed by atoms with van der Waals surface area (Å²) in [5.41, 5.74) is 2.11. The van der Waals surface area contributed by atoms with E-state index in [0.29, 0.717) is 0 Å². The maximum atomic E-state index is 12.1. The largest absolute Gasteiger partial charge is 0.480 e. The zero-order valence-electron chi connectivity index (χ0n) is 15.5. The summed E-state index contributed by atoms with van der Waals surface area (Å²) in [5, 5.41) is 11.6. The topological polar surface area (TPSA) is 75.6 Å². The fourth-order valence-corrected chi connectivity index (χ4v) is 2.66. The molecule has 2 N–H and O–H groups in total. The van der Waals surface area contributed by atoms with Crippen LogP contribution in [0.1, 0.15) is 33.3 Å². The average Bonchev–Trinajstić information content (AvgIpc) is 2.59. The summed E-state index contributed by atoms with van der Waals surface area (Å²) in [6.45, 7) is 7.00. The Morgan fingerprint density at radius 3 is 2.00 bits per heavy atom. The number of carboxylic acid groups (broad SMARTS) is 1. The van der Waals surface area contributed by atoms with E-state index >= 15 is 0 Å². The van der Waals surface area contributed by atoms with Crippen LogP contribution in [0.5, 0.6) is 0 Å². The van der Waals surface area contributed by atoms with Gasteiger partial charge in [-0.3, -0.25) is 0 Å². The summed E-state index contributed by atoms with van der Waals surface area (Å²) in [6, 6.07) is 16.8. The van der Waals surface area contributed by atoms with Gasteiger partial charge in [-0.1, -0.05) is 68.4 Å². The zero-order chi connectivity index (χ0) is 19.3.